The lowest BCUT2D eigenvalue weighted by atomic mass is 10.0. The highest BCUT2D eigenvalue weighted by molar-refractivity contribution is 6.22. The SMILES string of the molecule is O[C@H]([C@@H](O)[C@H]1COC(Cl)(c2ccccc2)O1)[C@@H]1COC(Cl)(c2ccccc2)O1. The van der Waals surface area contributed by atoms with E-state index in [-0.39, 0.29) is 13.2 Å². The van der Waals surface area contributed by atoms with E-state index in [0.29, 0.717) is 11.1 Å². The molecule has 8 heteroatoms. The lowest BCUT2D eigenvalue weighted by Crippen LogP contribution is -2.47. The van der Waals surface area contributed by atoms with Gasteiger partial charge in [0, 0.05) is 11.1 Å². The first-order valence-electron chi connectivity index (χ1n) is 8.90. The predicted molar refractivity (Wildman–Crippen MR) is 102 cm³/mol. The van der Waals surface area contributed by atoms with E-state index < -0.39 is 34.9 Å². The molecule has 0 spiro atoms. The molecule has 0 amide bonds. The van der Waals surface area contributed by atoms with Gasteiger partial charge in [0.2, 0.25) is 0 Å². The molecule has 6 atom stereocenters. The minimum absolute atomic E-state index is 0.00883. The molecule has 28 heavy (non-hydrogen) atoms. The fourth-order valence-electron chi connectivity index (χ4n) is 3.26. The Bertz CT molecular complexity index is 726. The molecule has 2 fully saturated rings. The smallest absolute Gasteiger partial charge is 0.276 e. The van der Waals surface area contributed by atoms with Crippen LogP contribution in [0.15, 0.2) is 60.7 Å². The molecule has 2 saturated heterocycles. The van der Waals surface area contributed by atoms with Crippen LogP contribution in [0.2, 0.25) is 0 Å². The maximum Gasteiger partial charge on any atom is 0.276 e. The summed E-state index contributed by atoms with van der Waals surface area (Å²) in [4.78, 5) is 0. The molecule has 0 aromatic heterocycles. The third kappa shape index (κ3) is 3.79. The number of hydrogen-bond donors (Lipinski definition) is 2. The zero-order chi connectivity index (χ0) is 19.8. The van der Waals surface area contributed by atoms with Crippen molar-refractivity contribution in [1.29, 1.82) is 0 Å². The molecule has 2 N–H and O–H groups in total. The van der Waals surface area contributed by atoms with Crippen LogP contribution >= 0.6 is 23.2 Å². The van der Waals surface area contributed by atoms with Crippen LogP contribution in [0.4, 0.5) is 0 Å². The van der Waals surface area contributed by atoms with E-state index in [1.807, 2.05) is 12.1 Å². The molecule has 2 aromatic rings. The first-order valence-corrected chi connectivity index (χ1v) is 9.65. The second-order valence-corrected chi connectivity index (χ2v) is 7.72. The molecule has 2 aromatic carbocycles. The summed E-state index contributed by atoms with van der Waals surface area (Å²) in [5.74, 6) is 0. The number of rotatable bonds is 5. The molecule has 0 aliphatic carbocycles. The number of alkyl halides is 2. The summed E-state index contributed by atoms with van der Waals surface area (Å²) in [6.45, 7) is 0.0177. The Balaban J connectivity index is 1.41. The van der Waals surface area contributed by atoms with Crippen molar-refractivity contribution in [2.24, 2.45) is 0 Å². The summed E-state index contributed by atoms with van der Waals surface area (Å²) < 4.78 is 22.6. The van der Waals surface area contributed by atoms with Gasteiger partial charge < -0.3 is 29.2 Å². The highest BCUT2D eigenvalue weighted by atomic mass is 35.5. The maximum absolute atomic E-state index is 10.6. The topological polar surface area (TPSA) is 77.4 Å². The van der Waals surface area contributed by atoms with Gasteiger partial charge >= 0.3 is 0 Å². The van der Waals surface area contributed by atoms with E-state index in [1.165, 1.54) is 0 Å². The third-order valence-electron chi connectivity index (χ3n) is 4.82. The van der Waals surface area contributed by atoms with Gasteiger partial charge in [-0.05, 0) is 0 Å². The quantitative estimate of drug-likeness (QED) is 0.715. The van der Waals surface area contributed by atoms with Crippen LogP contribution in [-0.2, 0) is 29.4 Å². The average Bonchev–Trinajstić information content (AvgIpc) is 3.33. The Morgan fingerprint density at radius 2 is 1.07 bits per heavy atom. The maximum atomic E-state index is 10.6. The molecule has 2 aliphatic rings. The van der Waals surface area contributed by atoms with E-state index >= 15 is 0 Å². The summed E-state index contributed by atoms with van der Waals surface area (Å²) in [6.07, 6.45) is -4.32. The van der Waals surface area contributed by atoms with Gasteiger partial charge in [0.15, 0.2) is 0 Å². The van der Waals surface area contributed by atoms with Crippen molar-refractivity contribution in [2.45, 2.75) is 34.9 Å². The van der Waals surface area contributed by atoms with Gasteiger partial charge in [-0.2, -0.15) is 0 Å². The summed E-state index contributed by atoms with van der Waals surface area (Å²) in [5.41, 5.74) is 1.20. The normalized spacial score (nSPS) is 35.0. The van der Waals surface area contributed by atoms with Crippen LogP contribution < -0.4 is 0 Å². The first kappa shape index (κ1) is 20.1. The number of ether oxygens (including phenoxy) is 4. The van der Waals surface area contributed by atoms with Crippen molar-refractivity contribution in [3.63, 3.8) is 0 Å². The van der Waals surface area contributed by atoms with Gasteiger partial charge in [-0.3, -0.25) is 0 Å². The number of halogens is 2. The van der Waals surface area contributed by atoms with Crippen molar-refractivity contribution in [2.75, 3.05) is 13.2 Å². The zero-order valence-electron chi connectivity index (χ0n) is 14.8. The van der Waals surface area contributed by atoms with E-state index in [1.54, 1.807) is 48.5 Å². The molecule has 2 unspecified atom stereocenters. The highest BCUT2D eigenvalue weighted by Gasteiger charge is 2.50. The van der Waals surface area contributed by atoms with E-state index in [0.717, 1.165) is 0 Å². The van der Waals surface area contributed by atoms with Crippen molar-refractivity contribution >= 4 is 23.2 Å². The Labute approximate surface area is 172 Å². The van der Waals surface area contributed by atoms with Crippen molar-refractivity contribution < 1.29 is 29.2 Å². The molecule has 2 aliphatic heterocycles. The minimum atomic E-state index is -1.51. The molecule has 0 radical (unpaired) electrons. The van der Waals surface area contributed by atoms with Gasteiger partial charge in [0.25, 0.3) is 10.5 Å². The molecule has 4 rings (SSSR count). The van der Waals surface area contributed by atoms with Crippen molar-refractivity contribution in [3.8, 4) is 0 Å². The number of benzene rings is 2. The standard InChI is InChI=1S/C20H20Cl2O6/c21-19(13-7-3-1-4-8-13)25-11-15(27-19)17(23)18(24)16-12-26-20(22,28-16)14-9-5-2-6-10-14/h1-10,15-18,23-24H,11-12H2/t15-,16+,17-,18-,19?,20?/m0/s1. The molecule has 0 saturated carbocycles. The summed E-state index contributed by atoms with van der Waals surface area (Å²) in [7, 11) is 0. The van der Waals surface area contributed by atoms with Crippen LogP contribution in [0.25, 0.3) is 0 Å². The Morgan fingerprint density at radius 3 is 1.43 bits per heavy atom. The summed E-state index contributed by atoms with van der Waals surface area (Å²) in [5, 5.41) is 18.2. The van der Waals surface area contributed by atoms with Crippen LogP contribution in [0.3, 0.4) is 0 Å². The Morgan fingerprint density at radius 1 is 0.714 bits per heavy atom. The zero-order valence-corrected chi connectivity index (χ0v) is 16.3. The number of aliphatic hydroxyl groups excluding tert-OH is 2. The largest absolute Gasteiger partial charge is 0.387 e. The molecule has 0 bridgehead atoms. The predicted octanol–water partition coefficient (Wildman–Crippen LogP) is 2.64. The lowest BCUT2D eigenvalue weighted by Gasteiger charge is -2.28. The van der Waals surface area contributed by atoms with Gasteiger partial charge in [0.05, 0.1) is 13.2 Å². The lowest BCUT2D eigenvalue weighted by molar-refractivity contribution is -0.163. The van der Waals surface area contributed by atoms with Gasteiger partial charge in [-0.1, -0.05) is 83.9 Å². The Hall–Kier alpha value is -1.22. The van der Waals surface area contributed by atoms with Crippen LogP contribution in [0.1, 0.15) is 11.1 Å². The second kappa shape index (κ2) is 7.89. The average molecular weight is 427 g/mol. The third-order valence-corrected chi connectivity index (χ3v) is 5.65. The molecular formula is C20H20Cl2O6. The summed E-state index contributed by atoms with van der Waals surface area (Å²) >= 11 is 12.8. The van der Waals surface area contributed by atoms with Crippen molar-refractivity contribution in [3.05, 3.63) is 71.8 Å². The second-order valence-electron chi connectivity index (χ2n) is 6.72. The van der Waals surface area contributed by atoms with Crippen LogP contribution in [-0.4, -0.2) is 47.8 Å². The monoisotopic (exact) mass is 426 g/mol. The van der Waals surface area contributed by atoms with Gasteiger partial charge in [-0.25, -0.2) is 0 Å². The van der Waals surface area contributed by atoms with Gasteiger partial charge in [-0.15, -0.1) is 0 Å². The van der Waals surface area contributed by atoms with Gasteiger partial charge in [0.1, 0.15) is 24.4 Å². The van der Waals surface area contributed by atoms with E-state index in [4.69, 9.17) is 42.1 Å². The summed E-state index contributed by atoms with van der Waals surface area (Å²) in [6, 6.07) is 17.9. The fraction of sp³-hybridized carbons (Fsp3) is 0.400. The molecular weight excluding hydrogens is 407 g/mol. The minimum Gasteiger partial charge on any atom is -0.387 e. The fourth-order valence-corrected chi connectivity index (χ4v) is 3.86. The van der Waals surface area contributed by atoms with Crippen LogP contribution in [0, 0.1) is 0 Å². The first-order chi connectivity index (χ1) is 13.4. The number of hydrogen-bond acceptors (Lipinski definition) is 6. The number of aliphatic hydroxyl groups is 2. The van der Waals surface area contributed by atoms with Crippen LogP contribution in [0.5, 0.6) is 0 Å². The van der Waals surface area contributed by atoms with E-state index in [9.17, 15) is 10.2 Å². The highest BCUT2D eigenvalue weighted by Crippen LogP contribution is 2.42. The van der Waals surface area contributed by atoms with Crippen molar-refractivity contribution in [1.82, 2.24) is 0 Å². The molecule has 6 nitrogen and oxygen atoms in total. The molecule has 2 heterocycles. The molecule has 150 valence electrons. The van der Waals surface area contributed by atoms with E-state index in [2.05, 4.69) is 0 Å². The Kier molecular flexibility index (Phi) is 5.66.